The van der Waals surface area contributed by atoms with E-state index in [0.717, 1.165) is 10.4 Å². The van der Waals surface area contributed by atoms with Crippen molar-refractivity contribution < 1.29 is 27.1 Å². The molecule has 4 rings (SSSR count). The van der Waals surface area contributed by atoms with Gasteiger partial charge in [0.05, 0.1) is 16.3 Å². The predicted octanol–water partition coefficient (Wildman–Crippen LogP) is 3.30. The van der Waals surface area contributed by atoms with Crippen molar-refractivity contribution in [2.75, 3.05) is 17.2 Å². The molecule has 2 aliphatic heterocycles. The lowest BCUT2D eigenvalue weighted by Crippen LogP contribution is -2.43. The van der Waals surface area contributed by atoms with Gasteiger partial charge in [-0.15, -0.1) is 0 Å². The van der Waals surface area contributed by atoms with Crippen LogP contribution in [0.15, 0.2) is 35.2 Å². The third-order valence-corrected chi connectivity index (χ3v) is 7.78. The first-order valence-electron chi connectivity index (χ1n) is 9.98. The number of fused-ring (bicyclic) bond motifs is 1. The van der Waals surface area contributed by atoms with Gasteiger partial charge in [-0.25, -0.2) is 12.8 Å². The van der Waals surface area contributed by atoms with Crippen molar-refractivity contribution in [1.29, 1.82) is 0 Å². The third kappa shape index (κ3) is 4.05. The summed E-state index contributed by atoms with van der Waals surface area (Å²) in [5.41, 5.74) is 0.710. The molecule has 0 aromatic heterocycles. The van der Waals surface area contributed by atoms with Crippen LogP contribution >= 0.6 is 11.6 Å². The maximum Gasteiger partial charge on any atom is 0.265 e. The zero-order chi connectivity index (χ0) is 23.2. The van der Waals surface area contributed by atoms with Crippen LogP contribution in [0.1, 0.15) is 25.3 Å². The number of rotatable bonds is 4. The molecule has 1 saturated heterocycles. The Balaban J connectivity index is 1.63. The van der Waals surface area contributed by atoms with Crippen molar-refractivity contribution >= 4 is 44.8 Å². The van der Waals surface area contributed by atoms with E-state index in [1.54, 1.807) is 13.8 Å². The van der Waals surface area contributed by atoms with E-state index >= 15 is 0 Å². The molecule has 0 spiro atoms. The summed E-state index contributed by atoms with van der Waals surface area (Å²) in [6.07, 6.45) is 0.0160. The van der Waals surface area contributed by atoms with Crippen molar-refractivity contribution in [3.8, 4) is 5.75 Å². The summed E-state index contributed by atoms with van der Waals surface area (Å²) >= 11 is 5.74. The van der Waals surface area contributed by atoms with Gasteiger partial charge in [0.25, 0.3) is 5.91 Å². The predicted molar refractivity (Wildman–Crippen MR) is 117 cm³/mol. The number of amides is 2. The lowest BCUT2D eigenvalue weighted by atomic mass is 10.1. The highest BCUT2D eigenvalue weighted by Gasteiger charge is 2.41. The van der Waals surface area contributed by atoms with Crippen molar-refractivity contribution in [2.24, 2.45) is 0 Å². The second-order valence-electron chi connectivity index (χ2n) is 7.75. The van der Waals surface area contributed by atoms with Gasteiger partial charge >= 0.3 is 0 Å². The highest BCUT2D eigenvalue weighted by Crippen LogP contribution is 2.37. The molecule has 0 bridgehead atoms. The number of nitrogens with zero attached hydrogens (tertiary/aromatic N) is 1. The number of hydrogen-bond acceptors (Lipinski definition) is 5. The van der Waals surface area contributed by atoms with E-state index < -0.39 is 33.9 Å². The Hall–Kier alpha value is -2.69. The molecular weight excluding hydrogens is 461 g/mol. The summed E-state index contributed by atoms with van der Waals surface area (Å²) in [6, 6.07) is 5.72. The zero-order valence-corrected chi connectivity index (χ0v) is 18.9. The van der Waals surface area contributed by atoms with Gasteiger partial charge < -0.3 is 15.4 Å². The SMILES string of the molecule is Cc1cc2c(cc1S(=O)(=O)N1CCC[C@H]1C(=O)Nc1ccc(Cl)cc1F)O[C@H](C)C(=O)N2. The topological polar surface area (TPSA) is 105 Å². The van der Waals surface area contributed by atoms with Gasteiger partial charge in [-0.05, 0) is 56.5 Å². The van der Waals surface area contributed by atoms with Crippen LogP contribution in [-0.4, -0.2) is 43.2 Å². The van der Waals surface area contributed by atoms with Crippen LogP contribution in [0.3, 0.4) is 0 Å². The summed E-state index contributed by atoms with van der Waals surface area (Å²) in [4.78, 5) is 24.7. The molecule has 11 heteroatoms. The molecule has 170 valence electrons. The second-order valence-corrected chi connectivity index (χ2v) is 10.0. The summed E-state index contributed by atoms with van der Waals surface area (Å²) in [6.45, 7) is 3.31. The van der Waals surface area contributed by atoms with Crippen LogP contribution in [0.5, 0.6) is 5.75 Å². The first-order chi connectivity index (χ1) is 15.1. The van der Waals surface area contributed by atoms with E-state index in [2.05, 4.69) is 10.6 Å². The molecule has 2 aromatic rings. The van der Waals surface area contributed by atoms with Gasteiger partial charge in [-0.3, -0.25) is 9.59 Å². The monoisotopic (exact) mass is 481 g/mol. The number of ether oxygens (including phenoxy) is 1. The molecule has 0 unspecified atom stereocenters. The molecule has 2 aromatic carbocycles. The minimum atomic E-state index is -4.07. The van der Waals surface area contributed by atoms with E-state index in [4.69, 9.17) is 16.3 Å². The van der Waals surface area contributed by atoms with Crippen molar-refractivity contribution in [2.45, 2.75) is 43.7 Å². The highest BCUT2D eigenvalue weighted by atomic mass is 35.5. The Morgan fingerprint density at radius 2 is 2.06 bits per heavy atom. The summed E-state index contributed by atoms with van der Waals surface area (Å²) < 4.78 is 47.7. The average Bonchev–Trinajstić information content (AvgIpc) is 3.22. The van der Waals surface area contributed by atoms with Gasteiger partial charge in [0.1, 0.15) is 17.6 Å². The van der Waals surface area contributed by atoms with Crippen LogP contribution in [-0.2, 0) is 19.6 Å². The van der Waals surface area contributed by atoms with Gasteiger partial charge in [0.2, 0.25) is 15.9 Å². The fraction of sp³-hybridized carbons (Fsp3) is 0.333. The number of sulfonamides is 1. The lowest BCUT2D eigenvalue weighted by molar-refractivity contribution is -0.122. The van der Waals surface area contributed by atoms with E-state index in [0.29, 0.717) is 24.1 Å². The van der Waals surface area contributed by atoms with Crippen molar-refractivity contribution in [3.63, 3.8) is 0 Å². The Kier molecular flexibility index (Phi) is 5.87. The van der Waals surface area contributed by atoms with Gasteiger partial charge in [0.15, 0.2) is 6.10 Å². The molecular formula is C21H21ClFN3O5S. The lowest BCUT2D eigenvalue weighted by Gasteiger charge is -2.27. The number of benzene rings is 2. The normalized spacial score (nSPS) is 20.9. The van der Waals surface area contributed by atoms with E-state index in [1.807, 2.05) is 0 Å². The number of nitrogens with one attached hydrogen (secondary N) is 2. The minimum Gasteiger partial charge on any atom is -0.479 e. The Morgan fingerprint density at radius 3 is 2.78 bits per heavy atom. The van der Waals surface area contributed by atoms with Gasteiger partial charge in [-0.1, -0.05) is 11.6 Å². The molecule has 2 aliphatic rings. The number of carbonyl (C=O) groups excluding carboxylic acids is 2. The number of carbonyl (C=O) groups is 2. The maximum absolute atomic E-state index is 14.1. The highest BCUT2D eigenvalue weighted by molar-refractivity contribution is 7.89. The Morgan fingerprint density at radius 1 is 1.31 bits per heavy atom. The number of halogens is 2. The Labute approximate surface area is 189 Å². The average molecular weight is 482 g/mol. The molecule has 32 heavy (non-hydrogen) atoms. The quantitative estimate of drug-likeness (QED) is 0.697. The maximum atomic E-state index is 14.1. The first-order valence-corrected chi connectivity index (χ1v) is 11.8. The van der Waals surface area contributed by atoms with E-state index in [1.165, 1.54) is 24.3 Å². The van der Waals surface area contributed by atoms with Crippen LogP contribution in [0.4, 0.5) is 15.8 Å². The number of anilines is 2. The van der Waals surface area contributed by atoms with E-state index in [9.17, 15) is 22.4 Å². The zero-order valence-electron chi connectivity index (χ0n) is 17.3. The molecule has 0 aliphatic carbocycles. The fourth-order valence-electron chi connectivity index (χ4n) is 3.84. The van der Waals surface area contributed by atoms with E-state index in [-0.39, 0.29) is 33.8 Å². The summed E-state index contributed by atoms with van der Waals surface area (Å²) in [5.74, 6) is -1.42. The van der Waals surface area contributed by atoms with Gasteiger partial charge in [0, 0.05) is 17.6 Å². The standard InChI is InChI=1S/C21H21ClFN3O5S/c1-11-8-16-18(31-12(2)20(27)25-16)10-19(11)32(29,30)26-7-3-4-17(26)21(28)24-15-6-5-13(22)9-14(15)23/h5-6,8-10,12,17H,3-4,7H2,1-2H3,(H,24,28)(H,25,27)/t12-,17+/m1/s1. The van der Waals surface area contributed by atoms with Crippen molar-refractivity contribution in [1.82, 2.24) is 4.31 Å². The molecule has 2 heterocycles. The molecule has 2 N–H and O–H groups in total. The molecule has 2 amide bonds. The van der Waals surface area contributed by atoms with Crippen LogP contribution < -0.4 is 15.4 Å². The van der Waals surface area contributed by atoms with Crippen LogP contribution in [0, 0.1) is 12.7 Å². The number of aryl methyl sites for hydroxylation is 1. The smallest absolute Gasteiger partial charge is 0.265 e. The van der Waals surface area contributed by atoms with Gasteiger partial charge in [-0.2, -0.15) is 4.31 Å². The summed E-state index contributed by atoms with van der Waals surface area (Å²) in [5, 5.41) is 5.32. The summed E-state index contributed by atoms with van der Waals surface area (Å²) in [7, 11) is -4.07. The molecule has 8 nitrogen and oxygen atoms in total. The molecule has 1 fully saturated rings. The second kappa shape index (κ2) is 8.34. The third-order valence-electron chi connectivity index (χ3n) is 5.49. The van der Waals surface area contributed by atoms with Crippen molar-refractivity contribution in [3.05, 3.63) is 46.7 Å². The first kappa shape index (κ1) is 22.5. The minimum absolute atomic E-state index is 0.0167. The fourth-order valence-corrected chi connectivity index (χ4v) is 5.88. The molecule has 0 saturated carbocycles. The number of hydrogen-bond donors (Lipinski definition) is 2. The van der Waals surface area contributed by atoms with Crippen LogP contribution in [0.25, 0.3) is 0 Å². The largest absolute Gasteiger partial charge is 0.479 e. The molecule has 2 atom stereocenters. The van der Waals surface area contributed by atoms with Crippen LogP contribution in [0.2, 0.25) is 5.02 Å². The Bertz CT molecular complexity index is 1220. The molecule has 0 radical (unpaired) electrons.